The maximum absolute atomic E-state index is 5.86. The van der Waals surface area contributed by atoms with E-state index < -0.39 is 0 Å². The average molecular weight is 323 g/mol. The van der Waals surface area contributed by atoms with Gasteiger partial charge in [-0.05, 0) is 16.7 Å². The molecule has 0 aliphatic carbocycles. The Balaban J connectivity index is 1.88. The third-order valence-corrected chi connectivity index (χ3v) is 3.57. The van der Waals surface area contributed by atoms with Crippen LogP contribution in [-0.4, -0.2) is 19.6 Å². The van der Waals surface area contributed by atoms with Crippen LogP contribution in [0.25, 0.3) is 0 Å². The van der Waals surface area contributed by atoms with E-state index in [0.29, 0.717) is 26.3 Å². The summed E-state index contributed by atoms with van der Waals surface area (Å²) in [5, 5.41) is 6.47. The van der Waals surface area contributed by atoms with Gasteiger partial charge >= 0.3 is 0 Å². The van der Waals surface area contributed by atoms with E-state index >= 15 is 0 Å². The smallest absolute Gasteiger partial charge is 0.191 e. The predicted octanol–water partition coefficient (Wildman–Crippen LogP) is 3.25. The molecule has 4 nitrogen and oxygen atoms in total. The van der Waals surface area contributed by atoms with E-state index in [1.807, 2.05) is 30.3 Å². The SMILES string of the molecule is C=CCNC(=NC)NCc1ccccc1COCc1ccccc1. The Morgan fingerprint density at radius 1 is 1.00 bits per heavy atom. The number of rotatable bonds is 8. The van der Waals surface area contributed by atoms with Crippen molar-refractivity contribution in [2.45, 2.75) is 19.8 Å². The zero-order valence-electron chi connectivity index (χ0n) is 14.2. The molecule has 0 aliphatic heterocycles. The lowest BCUT2D eigenvalue weighted by molar-refractivity contribution is 0.106. The highest BCUT2D eigenvalue weighted by Gasteiger charge is 2.04. The van der Waals surface area contributed by atoms with Crippen molar-refractivity contribution in [1.82, 2.24) is 10.6 Å². The van der Waals surface area contributed by atoms with Crippen LogP contribution < -0.4 is 10.6 Å². The van der Waals surface area contributed by atoms with Crippen LogP contribution in [-0.2, 0) is 24.5 Å². The maximum Gasteiger partial charge on any atom is 0.191 e. The molecule has 2 aromatic carbocycles. The Morgan fingerprint density at radius 3 is 2.42 bits per heavy atom. The molecular formula is C20H25N3O. The first-order valence-corrected chi connectivity index (χ1v) is 8.07. The fourth-order valence-corrected chi connectivity index (χ4v) is 2.29. The molecule has 0 spiro atoms. The van der Waals surface area contributed by atoms with Gasteiger partial charge in [0.2, 0.25) is 0 Å². The topological polar surface area (TPSA) is 45.7 Å². The third kappa shape index (κ3) is 5.89. The number of guanidine groups is 1. The van der Waals surface area contributed by atoms with Crippen molar-refractivity contribution in [3.8, 4) is 0 Å². The molecule has 0 saturated carbocycles. The molecule has 0 unspecified atom stereocenters. The van der Waals surface area contributed by atoms with Crippen LogP contribution in [0.4, 0.5) is 0 Å². The number of ether oxygens (including phenoxy) is 1. The van der Waals surface area contributed by atoms with Gasteiger partial charge < -0.3 is 15.4 Å². The molecule has 24 heavy (non-hydrogen) atoms. The fourth-order valence-electron chi connectivity index (χ4n) is 2.29. The summed E-state index contributed by atoms with van der Waals surface area (Å²) in [5.41, 5.74) is 3.56. The quantitative estimate of drug-likeness (QED) is 0.445. The molecule has 0 radical (unpaired) electrons. The van der Waals surface area contributed by atoms with Crippen LogP contribution in [0.3, 0.4) is 0 Å². The minimum atomic E-state index is 0.589. The number of nitrogens with one attached hydrogen (secondary N) is 2. The molecular weight excluding hydrogens is 298 g/mol. The second kappa shape index (κ2) is 10.2. The molecule has 0 bridgehead atoms. The van der Waals surface area contributed by atoms with Crippen molar-refractivity contribution in [2.75, 3.05) is 13.6 Å². The zero-order chi connectivity index (χ0) is 17.0. The molecule has 0 heterocycles. The van der Waals surface area contributed by atoms with Crippen molar-refractivity contribution >= 4 is 5.96 Å². The summed E-state index contributed by atoms with van der Waals surface area (Å²) in [6.07, 6.45) is 1.80. The Hall–Kier alpha value is -2.59. The van der Waals surface area contributed by atoms with Gasteiger partial charge in [-0.15, -0.1) is 6.58 Å². The van der Waals surface area contributed by atoms with Crippen molar-refractivity contribution in [1.29, 1.82) is 0 Å². The number of benzene rings is 2. The van der Waals surface area contributed by atoms with Crippen LogP contribution in [0.15, 0.2) is 72.2 Å². The predicted molar refractivity (Wildman–Crippen MR) is 99.8 cm³/mol. The van der Waals surface area contributed by atoms with Gasteiger partial charge in [0.05, 0.1) is 13.2 Å². The van der Waals surface area contributed by atoms with Crippen molar-refractivity contribution in [3.63, 3.8) is 0 Å². The summed E-state index contributed by atoms with van der Waals surface area (Å²) < 4.78 is 5.86. The average Bonchev–Trinajstić information content (AvgIpc) is 2.64. The number of nitrogens with zero attached hydrogens (tertiary/aromatic N) is 1. The molecule has 0 amide bonds. The molecule has 4 heteroatoms. The summed E-state index contributed by atoms with van der Waals surface area (Å²) in [4.78, 5) is 4.19. The van der Waals surface area contributed by atoms with Crippen LogP contribution in [0.5, 0.6) is 0 Å². The highest BCUT2D eigenvalue weighted by atomic mass is 16.5. The summed E-state index contributed by atoms with van der Waals surface area (Å²) in [5.74, 6) is 0.759. The lowest BCUT2D eigenvalue weighted by Crippen LogP contribution is -2.36. The molecule has 0 saturated heterocycles. The summed E-state index contributed by atoms with van der Waals surface area (Å²) in [6.45, 7) is 6.28. The third-order valence-electron chi connectivity index (χ3n) is 3.57. The Labute approximate surface area is 144 Å². The molecule has 0 fully saturated rings. The van der Waals surface area contributed by atoms with Gasteiger partial charge in [-0.3, -0.25) is 4.99 Å². The Kier molecular flexibility index (Phi) is 7.57. The second-order valence-corrected chi connectivity index (χ2v) is 5.34. The summed E-state index contributed by atoms with van der Waals surface area (Å²) >= 11 is 0. The normalized spacial score (nSPS) is 11.1. The van der Waals surface area contributed by atoms with Crippen LogP contribution in [0.1, 0.15) is 16.7 Å². The van der Waals surface area contributed by atoms with E-state index in [4.69, 9.17) is 4.74 Å². The van der Waals surface area contributed by atoms with Gasteiger partial charge in [0.1, 0.15) is 0 Å². The van der Waals surface area contributed by atoms with Gasteiger partial charge in [-0.2, -0.15) is 0 Å². The first-order valence-electron chi connectivity index (χ1n) is 8.07. The molecule has 0 aliphatic rings. The molecule has 126 valence electrons. The van der Waals surface area contributed by atoms with Crippen molar-refractivity contribution in [2.24, 2.45) is 4.99 Å². The molecule has 0 atom stereocenters. The van der Waals surface area contributed by atoms with Crippen LogP contribution in [0, 0.1) is 0 Å². The van der Waals surface area contributed by atoms with E-state index in [1.165, 1.54) is 16.7 Å². The van der Waals surface area contributed by atoms with E-state index in [-0.39, 0.29) is 0 Å². The largest absolute Gasteiger partial charge is 0.372 e. The first kappa shape index (κ1) is 17.8. The van der Waals surface area contributed by atoms with Crippen molar-refractivity contribution < 1.29 is 4.74 Å². The van der Waals surface area contributed by atoms with Gasteiger partial charge in [0.15, 0.2) is 5.96 Å². The van der Waals surface area contributed by atoms with E-state index in [9.17, 15) is 0 Å². The van der Waals surface area contributed by atoms with Gasteiger partial charge in [0, 0.05) is 20.1 Å². The maximum atomic E-state index is 5.86. The fraction of sp³-hybridized carbons (Fsp3) is 0.250. The standard InChI is InChI=1S/C20H25N3O/c1-3-13-22-20(21-2)23-14-18-11-7-8-12-19(18)16-24-15-17-9-5-4-6-10-17/h3-12H,1,13-16H2,2H3,(H2,21,22,23). The van der Waals surface area contributed by atoms with E-state index in [0.717, 1.165) is 5.96 Å². The number of hydrogen-bond donors (Lipinski definition) is 2. The minimum absolute atomic E-state index is 0.589. The van der Waals surface area contributed by atoms with Crippen LogP contribution in [0.2, 0.25) is 0 Å². The Bertz CT molecular complexity index is 653. The van der Waals surface area contributed by atoms with Crippen LogP contribution >= 0.6 is 0 Å². The zero-order valence-corrected chi connectivity index (χ0v) is 14.2. The molecule has 2 aromatic rings. The highest BCUT2D eigenvalue weighted by molar-refractivity contribution is 5.79. The summed E-state index contributed by atoms with van der Waals surface area (Å²) in [6, 6.07) is 18.5. The highest BCUT2D eigenvalue weighted by Crippen LogP contribution is 2.11. The molecule has 2 N–H and O–H groups in total. The van der Waals surface area contributed by atoms with Gasteiger partial charge in [-0.25, -0.2) is 0 Å². The monoisotopic (exact) mass is 323 g/mol. The lowest BCUT2D eigenvalue weighted by Gasteiger charge is -2.14. The minimum Gasteiger partial charge on any atom is -0.372 e. The summed E-state index contributed by atoms with van der Waals surface area (Å²) in [7, 11) is 1.76. The first-order chi connectivity index (χ1) is 11.8. The lowest BCUT2D eigenvalue weighted by atomic mass is 10.1. The number of aliphatic imine (C=N–C) groups is 1. The van der Waals surface area contributed by atoms with E-state index in [2.05, 4.69) is 46.5 Å². The Morgan fingerprint density at radius 2 is 1.71 bits per heavy atom. The van der Waals surface area contributed by atoms with Gasteiger partial charge in [-0.1, -0.05) is 60.7 Å². The number of hydrogen-bond acceptors (Lipinski definition) is 2. The van der Waals surface area contributed by atoms with E-state index in [1.54, 1.807) is 13.1 Å². The second-order valence-electron chi connectivity index (χ2n) is 5.34. The molecule has 2 rings (SSSR count). The molecule has 0 aromatic heterocycles. The van der Waals surface area contributed by atoms with Crippen molar-refractivity contribution in [3.05, 3.63) is 83.9 Å². The van der Waals surface area contributed by atoms with Gasteiger partial charge in [0.25, 0.3) is 0 Å².